The van der Waals surface area contributed by atoms with E-state index in [2.05, 4.69) is 20.7 Å². The first kappa shape index (κ1) is 22.7. The molecule has 4 heterocycles. The van der Waals surface area contributed by atoms with Crippen molar-refractivity contribution in [1.82, 2.24) is 24.2 Å². The highest BCUT2D eigenvalue weighted by Gasteiger charge is 2.35. The quantitative estimate of drug-likeness (QED) is 0.475. The maximum atomic E-state index is 12.1. The first-order chi connectivity index (χ1) is 15.6. The molecule has 1 saturated heterocycles. The van der Waals surface area contributed by atoms with Gasteiger partial charge in [0.15, 0.2) is 0 Å². The molecule has 11 nitrogen and oxygen atoms in total. The summed E-state index contributed by atoms with van der Waals surface area (Å²) in [6.07, 6.45) is 5.94. The van der Waals surface area contributed by atoms with Crippen LogP contribution in [0.4, 0.5) is 5.69 Å². The highest BCUT2D eigenvalue weighted by Crippen LogP contribution is 2.31. The number of fused-ring (bicyclic) bond motifs is 1. The minimum atomic E-state index is -3.32. The molecular weight excluding hydrogens is 446 g/mol. The van der Waals surface area contributed by atoms with Gasteiger partial charge in [-0.2, -0.15) is 9.40 Å². The fourth-order valence-electron chi connectivity index (χ4n) is 3.95. The van der Waals surface area contributed by atoms with Crippen LogP contribution in [0.1, 0.15) is 27.8 Å². The Balaban J connectivity index is 1.73. The van der Waals surface area contributed by atoms with E-state index in [1.165, 1.54) is 23.8 Å². The smallest absolute Gasteiger partial charge is 0.269 e. The molecule has 2 unspecified atom stereocenters. The standard InChI is InChI=1S/C21H25N7O4S/c1-12-9-27(33(3,31)32)11-17(12)26-19-15(20(22)29)8-25-28-10-14(6-18(19)28)13-4-5-16(24-7-13)21(30)23-2/h4-8,10,12,17,26H,9,11H2,1-3H3,(H2,22,29)(H,23,30). The molecule has 2 amide bonds. The van der Waals surface area contributed by atoms with E-state index in [0.29, 0.717) is 23.4 Å². The molecule has 0 radical (unpaired) electrons. The zero-order valence-electron chi connectivity index (χ0n) is 18.4. The molecule has 1 aliphatic heterocycles. The Hall–Kier alpha value is -3.51. The molecule has 174 valence electrons. The third kappa shape index (κ3) is 4.39. The van der Waals surface area contributed by atoms with Crippen molar-refractivity contribution in [3.05, 3.63) is 48.0 Å². The number of hydrogen-bond donors (Lipinski definition) is 3. The van der Waals surface area contributed by atoms with Crippen molar-refractivity contribution in [2.75, 3.05) is 31.7 Å². The van der Waals surface area contributed by atoms with Crippen molar-refractivity contribution in [2.24, 2.45) is 11.7 Å². The summed E-state index contributed by atoms with van der Waals surface area (Å²) in [4.78, 5) is 28.1. The number of rotatable bonds is 6. The van der Waals surface area contributed by atoms with Crippen LogP contribution in [-0.4, -0.2) is 71.6 Å². The van der Waals surface area contributed by atoms with Gasteiger partial charge in [0.25, 0.3) is 11.8 Å². The number of nitrogens with one attached hydrogen (secondary N) is 2. The predicted molar refractivity (Wildman–Crippen MR) is 123 cm³/mol. The number of carbonyl (C=O) groups is 2. The van der Waals surface area contributed by atoms with E-state index in [1.54, 1.807) is 29.0 Å². The van der Waals surface area contributed by atoms with E-state index >= 15 is 0 Å². The predicted octanol–water partition coefficient (Wildman–Crippen LogP) is 0.547. The Morgan fingerprint density at radius 1 is 1.18 bits per heavy atom. The Morgan fingerprint density at radius 2 is 1.94 bits per heavy atom. The van der Waals surface area contributed by atoms with E-state index in [-0.39, 0.29) is 30.0 Å². The minimum absolute atomic E-state index is 0.0181. The number of nitrogens with two attached hydrogens (primary N) is 1. The van der Waals surface area contributed by atoms with Crippen molar-refractivity contribution in [3.63, 3.8) is 0 Å². The lowest BCUT2D eigenvalue weighted by Crippen LogP contribution is -2.32. The maximum Gasteiger partial charge on any atom is 0.269 e. The Morgan fingerprint density at radius 3 is 2.52 bits per heavy atom. The first-order valence-electron chi connectivity index (χ1n) is 10.3. The zero-order valence-corrected chi connectivity index (χ0v) is 19.3. The topological polar surface area (TPSA) is 152 Å². The van der Waals surface area contributed by atoms with E-state index in [1.807, 2.05) is 13.0 Å². The van der Waals surface area contributed by atoms with Crippen LogP contribution >= 0.6 is 0 Å². The van der Waals surface area contributed by atoms with Crippen molar-refractivity contribution in [1.29, 1.82) is 0 Å². The highest BCUT2D eigenvalue weighted by atomic mass is 32.2. The average Bonchev–Trinajstić information content (AvgIpc) is 3.37. The summed E-state index contributed by atoms with van der Waals surface area (Å²) < 4.78 is 27.0. The number of pyridine rings is 1. The molecule has 2 atom stereocenters. The Bertz CT molecular complexity index is 1330. The summed E-state index contributed by atoms with van der Waals surface area (Å²) in [7, 11) is -1.79. The molecule has 0 bridgehead atoms. The summed E-state index contributed by atoms with van der Waals surface area (Å²) >= 11 is 0. The SMILES string of the molecule is CNC(=O)c1ccc(-c2cc3c(NC4CN(S(C)(=O)=O)CC4C)c(C(N)=O)cnn3c2)cn1. The molecular formula is C21H25N7O4S. The van der Waals surface area contributed by atoms with E-state index in [9.17, 15) is 18.0 Å². The van der Waals surface area contributed by atoms with Gasteiger partial charge in [0, 0.05) is 49.7 Å². The molecule has 3 aromatic rings. The van der Waals surface area contributed by atoms with Crippen LogP contribution in [0.3, 0.4) is 0 Å². The lowest BCUT2D eigenvalue weighted by Gasteiger charge is -2.20. The maximum absolute atomic E-state index is 12.1. The van der Waals surface area contributed by atoms with Gasteiger partial charge in [-0.3, -0.25) is 14.6 Å². The highest BCUT2D eigenvalue weighted by molar-refractivity contribution is 7.88. The number of amides is 2. The van der Waals surface area contributed by atoms with E-state index in [4.69, 9.17) is 5.73 Å². The zero-order chi connectivity index (χ0) is 23.9. The molecule has 1 aliphatic rings. The molecule has 0 aliphatic carbocycles. The second kappa shape index (κ2) is 8.45. The third-order valence-corrected chi connectivity index (χ3v) is 7.07. The van der Waals surface area contributed by atoms with Crippen LogP contribution < -0.4 is 16.4 Å². The van der Waals surface area contributed by atoms with Crippen LogP contribution in [0.5, 0.6) is 0 Å². The van der Waals surface area contributed by atoms with Crippen LogP contribution in [0.2, 0.25) is 0 Å². The van der Waals surface area contributed by atoms with Gasteiger partial charge < -0.3 is 16.4 Å². The van der Waals surface area contributed by atoms with Crippen molar-refractivity contribution in [2.45, 2.75) is 13.0 Å². The van der Waals surface area contributed by atoms with Crippen LogP contribution in [-0.2, 0) is 10.0 Å². The largest absolute Gasteiger partial charge is 0.378 e. The van der Waals surface area contributed by atoms with Gasteiger partial charge in [-0.15, -0.1) is 0 Å². The van der Waals surface area contributed by atoms with Crippen LogP contribution in [0.15, 0.2) is 36.8 Å². The van der Waals surface area contributed by atoms with E-state index in [0.717, 1.165) is 11.1 Å². The summed E-state index contributed by atoms with van der Waals surface area (Å²) in [6, 6.07) is 5.03. The van der Waals surface area contributed by atoms with Crippen molar-refractivity contribution in [3.8, 4) is 11.1 Å². The molecule has 1 fully saturated rings. The molecule has 0 saturated carbocycles. The summed E-state index contributed by atoms with van der Waals surface area (Å²) in [5, 5.41) is 10.2. The van der Waals surface area contributed by atoms with Crippen LogP contribution in [0, 0.1) is 5.92 Å². The normalized spacial score (nSPS) is 19.0. The number of nitrogens with zero attached hydrogens (tertiary/aromatic N) is 4. The van der Waals surface area contributed by atoms with Gasteiger partial charge in [0.05, 0.1) is 29.2 Å². The summed E-state index contributed by atoms with van der Waals surface area (Å²) in [6.45, 7) is 2.62. The molecule has 33 heavy (non-hydrogen) atoms. The monoisotopic (exact) mass is 471 g/mol. The molecule has 12 heteroatoms. The van der Waals surface area contributed by atoms with Gasteiger partial charge in [0.2, 0.25) is 10.0 Å². The molecule has 0 aromatic carbocycles. The van der Waals surface area contributed by atoms with Gasteiger partial charge in [0.1, 0.15) is 5.69 Å². The average molecular weight is 472 g/mol. The number of aromatic nitrogens is 3. The molecule has 4 rings (SSSR count). The number of anilines is 1. The van der Waals surface area contributed by atoms with E-state index < -0.39 is 15.9 Å². The lowest BCUT2D eigenvalue weighted by molar-refractivity contribution is 0.0956. The Kier molecular flexibility index (Phi) is 5.80. The molecule has 0 spiro atoms. The minimum Gasteiger partial charge on any atom is -0.378 e. The second-order valence-electron chi connectivity index (χ2n) is 8.18. The van der Waals surface area contributed by atoms with Gasteiger partial charge in [-0.1, -0.05) is 13.0 Å². The first-order valence-corrected chi connectivity index (χ1v) is 12.1. The number of hydrogen-bond acceptors (Lipinski definition) is 7. The summed E-state index contributed by atoms with van der Waals surface area (Å²) in [5.74, 6) is -0.904. The number of sulfonamides is 1. The van der Waals surface area contributed by atoms with Crippen LogP contribution in [0.25, 0.3) is 16.6 Å². The molecule has 3 aromatic heterocycles. The van der Waals surface area contributed by atoms with Gasteiger partial charge in [-0.25, -0.2) is 12.9 Å². The fraction of sp³-hybridized carbons (Fsp3) is 0.333. The van der Waals surface area contributed by atoms with Gasteiger partial charge >= 0.3 is 0 Å². The summed E-state index contributed by atoms with van der Waals surface area (Å²) in [5.41, 5.74) is 8.76. The third-order valence-electron chi connectivity index (χ3n) is 5.84. The lowest BCUT2D eigenvalue weighted by atomic mass is 10.1. The van der Waals surface area contributed by atoms with Crippen molar-refractivity contribution >= 4 is 33.0 Å². The van der Waals surface area contributed by atoms with Crippen molar-refractivity contribution < 1.29 is 18.0 Å². The second-order valence-corrected chi connectivity index (χ2v) is 10.2. The Labute approximate surface area is 191 Å². The fourth-order valence-corrected chi connectivity index (χ4v) is 4.88. The number of primary amides is 1. The molecule has 4 N–H and O–H groups in total. The number of carbonyl (C=O) groups excluding carboxylic acids is 2. The van der Waals surface area contributed by atoms with Gasteiger partial charge in [-0.05, 0) is 18.1 Å².